The Hall–Kier alpha value is -1.35. The second-order valence-electron chi connectivity index (χ2n) is 4.86. The van der Waals surface area contributed by atoms with Crippen LogP contribution in [0.2, 0.25) is 0 Å². The first kappa shape index (κ1) is 9.85. The van der Waals surface area contributed by atoms with Gasteiger partial charge in [0.25, 0.3) is 0 Å². The molecule has 0 radical (unpaired) electrons. The van der Waals surface area contributed by atoms with Crippen LogP contribution in [0, 0.1) is 18.8 Å². The quantitative estimate of drug-likeness (QED) is 0.781. The van der Waals surface area contributed by atoms with Crippen molar-refractivity contribution < 1.29 is 9.90 Å². The summed E-state index contributed by atoms with van der Waals surface area (Å²) in [6.07, 6.45) is 0. The molecule has 0 spiro atoms. The van der Waals surface area contributed by atoms with Gasteiger partial charge in [-0.1, -0.05) is 24.3 Å². The lowest BCUT2D eigenvalue weighted by Gasteiger charge is -2.19. The standard InChI is InChI=1S/C13H15NO2/c1-8-4-2-3-5-9(8)13(12(15)16)10-6-14-7-11(10)13/h2-5,10-11,14H,6-7H2,1H3,(H,15,16). The van der Waals surface area contributed by atoms with E-state index >= 15 is 0 Å². The van der Waals surface area contributed by atoms with E-state index in [9.17, 15) is 9.90 Å². The Morgan fingerprint density at radius 3 is 2.56 bits per heavy atom. The summed E-state index contributed by atoms with van der Waals surface area (Å²) in [4.78, 5) is 11.6. The van der Waals surface area contributed by atoms with E-state index < -0.39 is 11.4 Å². The lowest BCUT2D eigenvalue weighted by atomic mass is 9.87. The predicted octanol–water partition coefficient (Wildman–Crippen LogP) is 1.17. The molecule has 1 aliphatic heterocycles. The van der Waals surface area contributed by atoms with Crippen molar-refractivity contribution in [3.63, 3.8) is 0 Å². The van der Waals surface area contributed by atoms with E-state index in [0.717, 1.165) is 24.2 Å². The molecule has 0 aromatic heterocycles. The van der Waals surface area contributed by atoms with Gasteiger partial charge in [0.2, 0.25) is 0 Å². The number of carboxylic acid groups (broad SMARTS) is 1. The molecule has 2 aliphatic rings. The number of nitrogens with one attached hydrogen (secondary N) is 1. The fourth-order valence-corrected chi connectivity index (χ4v) is 3.41. The van der Waals surface area contributed by atoms with Crippen LogP contribution in [0.1, 0.15) is 11.1 Å². The van der Waals surface area contributed by atoms with E-state index in [2.05, 4.69) is 5.32 Å². The van der Waals surface area contributed by atoms with Gasteiger partial charge in [-0.25, -0.2) is 0 Å². The molecule has 1 saturated heterocycles. The summed E-state index contributed by atoms with van der Waals surface area (Å²) in [7, 11) is 0. The Morgan fingerprint density at radius 2 is 2.00 bits per heavy atom. The summed E-state index contributed by atoms with van der Waals surface area (Å²) in [6, 6.07) is 7.88. The zero-order valence-electron chi connectivity index (χ0n) is 9.23. The van der Waals surface area contributed by atoms with Crippen LogP contribution >= 0.6 is 0 Å². The molecule has 3 rings (SSSR count). The van der Waals surface area contributed by atoms with Crippen LogP contribution in [0.4, 0.5) is 0 Å². The van der Waals surface area contributed by atoms with Crippen molar-refractivity contribution in [2.24, 2.45) is 11.8 Å². The third-order valence-electron chi connectivity index (χ3n) is 4.22. The van der Waals surface area contributed by atoms with Crippen LogP contribution < -0.4 is 5.32 Å². The maximum absolute atomic E-state index is 11.6. The van der Waals surface area contributed by atoms with Gasteiger partial charge in [-0.2, -0.15) is 0 Å². The second kappa shape index (κ2) is 3.08. The molecule has 3 nitrogen and oxygen atoms in total. The predicted molar refractivity (Wildman–Crippen MR) is 60.3 cm³/mol. The average Bonchev–Trinajstić information content (AvgIpc) is 2.67. The Kier molecular flexibility index (Phi) is 1.89. The number of piperidine rings is 1. The maximum Gasteiger partial charge on any atom is 0.314 e. The number of hydrogen-bond acceptors (Lipinski definition) is 2. The minimum Gasteiger partial charge on any atom is -0.481 e. The zero-order chi connectivity index (χ0) is 11.3. The van der Waals surface area contributed by atoms with E-state index in [1.807, 2.05) is 31.2 Å². The molecule has 0 amide bonds. The molecule has 1 aromatic rings. The fourth-order valence-electron chi connectivity index (χ4n) is 3.41. The van der Waals surface area contributed by atoms with Crippen molar-refractivity contribution in [2.45, 2.75) is 12.3 Å². The van der Waals surface area contributed by atoms with Crippen molar-refractivity contribution in [3.05, 3.63) is 35.4 Å². The van der Waals surface area contributed by atoms with Gasteiger partial charge in [-0.15, -0.1) is 0 Å². The van der Waals surface area contributed by atoms with Crippen molar-refractivity contribution in [3.8, 4) is 0 Å². The Bertz CT molecular complexity index is 445. The molecule has 16 heavy (non-hydrogen) atoms. The van der Waals surface area contributed by atoms with Crippen LogP contribution in [0.25, 0.3) is 0 Å². The molecular formula is C13H15NO2. The lowest BCUT2D eigenvalue weighted by molar-refractivity contribution is -0.141. The first-order valence-corrected chi connectivity index (χ1v) is 5.69. The van der Waals surface area contributed by atoms with Gasteiger partial charge in [0.15, 0.2) is 0 Å². The SMILES string of the molecule is Cc1ccccc1C1(C(=O)O)C2CNCC21. The molecule has 1 aromatic carbocycles. The molecule has 84 valence electrons. The maximum atomic E-state index is 11.6. The summed E-state index contributed by atoms with van der Waals surface area (Å²) < 4.78 is 0. The van der Waals surface area contributed by atoms with Gasteiger partial charge in [-0.05, 0) is 43.0 Å². The van der Waals surface area contributed by atoms with Crippen molar-refractivity contribution in [1.29, 1.82) is 0 Å². The van der Waals surface area contributed by atoms with E-state index in [0.29, 0.717) is 0 Å². The highest BCUT2D eigenvalue weighted by Crippen LogP contribution is 2.62. The molecule has 1 saturated carbocycles. The van der Waals surface area contributed by atoms with Gasteiger partial charge in [0, 0.05) is 0 Å². The highest BCUT2D eigenvalue weighted by molar-refractivity contribution is 5.88. The number of carboxylic acids is 1. The number of hydrogen-bond donors (Lipinski definition) is 2. The van der Waals surface area contributed by atoms with E-state index in [1.165, 1.54) is 0 Å². The highest BCUT2D eigenvalue weighted by atomic mass is 16.4. The fraction of sp³-hybridized carbons (Fsp3) is 0.462. The van der Waals surface area contributed by atoms with Crippen LogP contribution in [0.5, 0.6) is 0 Å². The zero-order valence-corrected chi connectivity index (χ0v) is 9.23. The number of carbonyl (C=O) groups is 1. The third kappa shape index (κ3) is 0.990. The average molecular weight is 217 g/mol. The van der Waals surface area contributed by atoms with Crippen LogP contribution in [0.3, 0.4) is 0 Å². The number of aryl methyl sites for hydroxylation is 1. The first-order chi connectivity index (χ1) is 7.69. The minimum absolute atomic E-state index is 0.283. The summed E-state index contributed by atoms with van der Waals surface area (Å²) in [5, 5.41) is 12.8. The van der Waals surface area contributed by atoms with E-state index in [-0.39, 0.29) is 11.8 Å². The third-order valence-corrected chi connectivity index (χ3v) is 4.22. The van der Waals surface area contributed by atoms with Gasteiger partial charge < -0.3 is 10.4 Å². The molecular weight excluding hydrogens is 202 g/mol. The molecule has 0 bridgehead atoms. The highest BCUT2D eigenvalue weighted by Gasteiger charge is 2.72. The van der Waals surface area contributed by atoms with Crippen molar-refractivity contribution in [1.82, 2.24) is 5.32 Å². The van der Waals surface area contributed by atoms with Crippen LogP contribution in [-0.4, -0.2) is 24.2 Å². The summed E-state index contributed by atoms with van der Waals surface area (Å²) in [5.41, 5.74) is 1.51. The van der Waals surface area contributed by atoms with E-state index in [1.54, 1.807) is 0 Å². The lowest BCUT2D eigenvalue weighted by Crippen LogP contribution is -2.33. The molecule has 2 atom stereocenters. The van der Waals surface area contributed by atoms with Gasteiger partial charge in [-0.3, -0.25) is 4.79 Å². The summed E-state index contributed by atoms with van der Waals surface area (Å²) >= 11 is 0. The van der Waals surface area contributed by atoms with Gasteiger partial charge >= 0.3 is 5.97 Å². The number of fused-ring (bicyclic) bond motifs is 1. The van der Waals surface area contributed by atoms with Gasteiger partial charge in [0.05, 0.1) is 0 Å². The van der Waals surface area contributed by atoms with E-state index in [4.69, 9.17) is 0 Å². The van der Waals surface area contributed by atoms with Crippen LogP contribution in [0.15, 0.2) is 24.3 Å². The summed E-state index contributed by atoms with van der Waals surface area (Å²) in [6.45, 7) is 3.68. The largest absolute Gasteiger partial charge is 0.481 e. The van der Waals surface area contributed by atoms with Crippen LogP contribution in [-0.2, 0) is 10.2 Å². The molecule has 1 heterocycles. The van der Waals surface area contributed by atoms with Crippen molar-refractivity contribution >= 4 is 5.97 Å². The number of benzene rings is 1. The number of rotatable bonds is 2. The molecule has 1 aliphatic carbocycles. The molecule has 3 heteroatoms. The molecule has 2 N–H and O–H groups in total. The van der Waals surface area contributed by atoms with Gasteiger partial charge in [0.1, 0.15) is 5.41 Å². The minimum atomic E-state index is -0.654. The number of aliphatic carboxylic acids is 1. The molecule has 2 unspecified atom stereocenters. The topological polar surface area (TPSA) is 49.3 Å². The first-order valence-electron chi connectivity index (χ1n) is 5.69. The second-order valence-corrected chi connectivity index (χ2v) is 4.86. The van der Waals surface area contributed by atoms with Crippen molar-refractivity contribution in [2.75, 3.05) is 13.1 Å². The summed E-state index contributed by atoms with van der Waals surface area (Å²) in [5.74, 6) is -0.0875. The Labute approximate surface area is 94.5 Å². The Morgan fingerprint density at radius 1 is 1.38 bits per heavy atom. The monoisotopic (exact) mass is 217 g/mol. The smallest absolute Gasteiger partial charge is 0.314 e. The Balaban J connectivity index is 2.10. The normalized spacial score (nSPS) is 35.8. The molecule has 2 fully saturated rings.